The SMILES string of the molecule is C/C(=C\c1ncc[nH]1)C(C)C.[CH3-].[V]. The van der Waals surface area contributed by atoms with Crippen LogP contribution in [0.4, 0.5) is 0 Å². The first kappa shape index (κ1) is 15.0. The van der Waals surface area contributed by atoms with Crippen molar-refractivity contribution in [3.63, 3.8) is 0 Å². The molecular formula is C10H17N2V-. The molecule has 0 aromatic carbocycles. The van der Waals surface area contributed by atoms with Crippen LogP contribution < -0.4 is 0 Å². The molecule has 13 heavy (non-hydrogen) atoms. The standard InChI is InChI=1S/C9H14N2.CH3.V/c1-7(2)8(3)6-9-10-4-5-11-9;;/h4-7H,1-3H3,(H,10,11);1H3;/q;-1;/b8-6+;;. The van der Waals surface area contributed by atoms with Crippen LogP contribution in [0.2, 0.25) is 0 Å². The molecule has 0 saturated heterocycles. The van der Waals surface area contributed by atoms with Gasteiger partial charge in [0.1, 0.15) is 5.82 Å². The molecule has 2 nitrogen and oxygen atoms in total. The number of imidazole rings is 1. The number of hydrogen-bond donors (Lipinski definition) is 1. The third kappa shape index (κ3) is 4.96. The number of aromatic nitrogens is 2. The van der Waals surface area contributed by atoms with Crippen LogP contribution in [0.1, 0.15) is 26.6 Å². The van der Waals surface area contributed by atoms with Gasteiger partial charge < -0.3 is 12.4 Å². The van der Waals surface area contributed by atoms with Gasteiger partial charge in [0.05, 0.1) is 0 Å². The molecule has 0 atom stereocenters. The zero-order valence-electron chi connectivity index (χ0n) is 8.70. The Morgan fingerprint density at radius 3 is 2.54 bits per heavy atom. The van der Waals surface area contributed by atoms with Crippen LogP contribution in [-0.2, 0) is 18.6 Å². The van der Waals surface area contributed by atoms with E-state index in [1.54, 1.807) is 6.20 Å². The smallest absolute Gasteiger partial charge is 0.129 e. The molecule has 0 bridgehead atoms. The maximum absolute atomic E-state index is 4.11. The zero-order valence-corrected chi connectivity index (χ0v) is 10.1. The molecule has 0 amide bonds. The Morgan fingerprint density at radius 1 is 1.54 bits per heavy atom. The van der Waals surface area contributed by atoms with Crippen LogP contribution in [0.3, 0.4) is 0 Å². The Labute approximate surface area is 92.7 Å². The Kier molecular flexibility index (Phi) is 8.08. The van der Waals surface area contributed by atoms with Crippen molar-refractivity contribution in [2.24, 2.45) is 5.92 Å². The van der Waals surface area contributed by atoms with Crippen LogP contribution in [0, 0.1) is 13.3 Å². The van der Waals surface area contributed by atoms with E-state index in [0.29, 0.717) is 5.92 Å². The van der Waals surface area contributed by atoms with Gasteiger partial charge in [0.2, 0.25) is 0 Å². The Morgan fingerprint density at radius 2 is 2.15 bits per heavy atom. The molecule has 1 aromatic rings. The topological polar surface area (TPSA) is 28.7 Å². The molecule has 0 spiro atoms. The number of aromatic amines is 1. The fraction of sp³-hybridized carbons (Fsp3) is 0.400. The summed E-state index contributed by atoms with van der Waals surface area (Å²) in [6.45, 7) is 6.47. The van der Waals surface area contributed by atoms with Crippen LogP contribution in [-0.4, -0.2) is 9.97 Å². The van der Waals surface area contributed by atoms with Gasteiger partial charge >= 0.3 is 0 Å². The minimum absolute atomic E-state index is 0. The second-order valence-electron chi connectivity index (χ2n) is 3.02. The Balaban J connectivity index is 0. The second-order valence-corrected chi connectivity index (χ2v) is 3.02. The summed E-state index contributed by atoms with van der Waals surface area (Å²) in [5.74, 6) is 1.54. The molecule has 3 heteroatoms. The van der Waals surface area contributed by atoms with E-state index in [4.69, 9.17) is 0 Å². The van der Waals surface area contributed by atoms with Crippen molar-refractivity contribution < 1.29 is 18.6 Å². The molecule has 0 aliphatic rings. The van der Waals surface area contributed by atoms with Crippen LogP contribution in [0.25, 0.3) is 6.08 Å². The number of nitrogens with one attached hydrogen (secondary N) is 1. The van der Waals surface area contributed by atoms with Gasteiger partial charge in [-0.2, -0.15) is 0 Å². The van der Waals surface area contributed by atoms with Crippen LogP contribution >= 0.6 is 0 Å². The number of allylic oxidation sites excluding steroid dienone is 1. The monoisotopic (exact) mass is 216 g/mol. The summed E-state index contributed by atoms with van der Waals surface area (Å²) in [6, 6.07) is 0. The van der Waals surface area contributed by atoms with E-state index in [9.17, 15) is 0 Å². The second kappa shape index (κ2) is 6.99. The largest absolute Gasteiger partial charge is 0.358 e. The maximum Gasteiger partial charge on any atom is 0.129 e. The number of H-pyrrole nitrogens is 1. The summed E-state index contributed by atoms with van der Waals surface area (Å²) in [6.07, 6.45) is 5.67. The normalized spacial score (nSPS) is 10.6. The fourth-order valence-corrected chi connectivity index (χ4v) is 0.739. The van der Waals surface area contributed by atoms with E-state index in [-0.39, 0.29) is 26.0 Å². The third-order valence-corrected chi connectivity index (χ3v) is 1.79. The Hall–Kier alpha value is -0.466. The van der Waals surface area contributed by atoms with Crippen molar-refractivity contribution in [1.82, 2.24) is 9.97 Å². The van der Waals surface area contributed by atoms with E-state index in [1.807, 2.05) is 6.20 Å². The number of hydrogen-bond acceptors (Lipinski definition) is 1. The van der Waals surface area contributed by atoms with Crippen molar-refractivity contribution in [2.45, 2.75) is 20.8 Å². The van der Waals surface area contributed by atoms with E-state index in [0.717, 1.165) is 5.82 Å². The van der Waals surface area contributed by atoms with Crippen molar-refractivity contribution in [2.75, 3.05) is 0 Å². The summed E-state index contributed by atoms with van der Waals surface area (Å²) < 4.78 is 0. The summed E-state index contributed by atoms with van der Waals surface area (Å²) >= 11 is 0. The summed E-state index contributed by atoms with van der Waals surface area (Å²) in [7, 11) is 0. The van der Waals surface area contributed by atoms with E-state index < -0.39 is 0 Å². The van der Waals surface area contributed by atoms with E-state index >= 15 is 0 Å². The van der Waals surface area contributed by atoms with Crippen molar-refractivity contribution in [1.29, 1.82) is 0 Å². The summed E-state index contributed by atoms with van der Waals surface area (Å²) in [5, 5.41) is 0. The predicted octanol–water partition coefficient (Wildman–Crippen LogP) is 2.92. The van der Waals surface area contributed by atoms with Crippen molar-refractivity contribution in [3.8, 4) is 0 Å². The van der Waals surface area contributed by atoms with Gasteiger partial charge in [0.25, 0.3) is 0 Å². The zero-order chi connectivity index (χ0) is 8.27. The summed E-state index contributed by atoms with van der Waals surface area (Å²) in [4.78, 5) is 7.14. The molecule has 0 aliphatic carbocycles. The fourth-order valence-electron chi connectivity index (χ4n) is 0.739. The first-order chi connectivity index (χ1) is 5.20. The maximum atomic E-state index is 4.11. The first-order valence-electron chi connectivity index (χ1n) is 3.87. The Bertz CT molecular complexity index is 237. The molecule has 1 aromatic heterocycles. The van der Waals surface area contributed by atoms with Crippen LogP contribution in [0.15, 0.2) is 18.0 Å². The molecule has 0 fully saturated rings. The number of nitrogens with zero attached hydrogens (tertiary/aromatic N) is 1. The molecule has 1 rings (SSSR count). The average molecular weight is 216 g/mol. The van der Waals surface area contributed by atoms with Gasteiger partial charge in [-0.25, -0.2) is 4.98 Å². The molecule has 73 valence electrons. The van der Waals surface area contributed by atoms with Crippen molar-refractivity contribution in [3.05, 3.63) is 31.2 Å². The molecule has 0 unspecified atom stereocenters. The summed E-state index contributed by atoms with van der Waals surface area (Å²) in [5.41, 5.74) is 1.35. The van der Waals surface area contributed by atoms with Gasteiger partial charge in [-0.15, -0.1) is 0 Å². The molecule has 1 heterocycles. The van der Waals surface area contributed by atoms with Gasteiger partial charge in [0.15, 0.2) is 0 Å². The number of rotatable bonds is 2. The van der Waals surface area contributed by atoms with E-state index in [1.165, 1.54) is 5.57 Å². The first-order valence-corrected chi connectivity index (χ1v) is 3.87. The molecule has 0 saturated carbocycles. The molecule has 1 N–H and O–H groups in total. The quantitative estimate of drug-likeness (QED) is 0.756. The molecule has 1 radical (unpaired) electrons. The minimum Gasteiger partial charge on any atom is -0.358 e. The van der Waals surface area contributed by atoms with Gasteiger partial charge in [0, 0.05) is 30.9 Å². The van der Waals surface area contributed by atoms with Gasteiger partial charge in [-0.05, 0) is 18.9 Å². The average Bonchev–Trinajstić information content (AvgIpc) is 2.39. The molecular weight excluding hydrogens is 199 g/mol. The van der Waals surface area contributed by atoms with Crippen LogP contribution in [0.5, 0.6) is 0 Å². The van der Waals surface area contributed by atoms with E-state index in [2.05, 4.69) is 36.8 Å². The predicted molar refractivity (Wildman–Crippen MR) is 53.5 cm³/mol. The van der Waals surface area contributed by atoms with Gasteiger partial charge in [-0.3, -0.25) is 0 Å². The van der Waals surface area contributed by atoms with Gasteiger partial charge in [-0.1, -0.05) is 19.4 Å². The minimum atomic E-state index is 0. The molecule has 0 aliphatic heterocycles. The third-order valence-electron chi connectivity index (χ3n) is 1.79. The van der Waals surface area contributed by atoms with Crippen molar-refractivity contribution >= 4 is 6.08 Å².